The van der Waals surface area contributed by atoms with E-state index in [1.165, 1.54) is 18.3 Å². The van der Waals surface area contributed by atoms with Gasteiger partial charge in [0.25, 0.3) is 5.69 Å². The quantitative estimate of drug-likeness (QED) is 0.366. The van der Waals surface area contributed by atoms with E-state index >= 15 is 0 Å². The summed E-state index contributed by atoms with van der Waals surface area (Å²) in [5.41, 5.74) is 0.683. The second-order valence-corrected chi connectivity index (χ2v) is 5.50. The molecule has 0 aliphatic carbocycles. The summed E-state index contributed by atoms with van der Waals surface area (Å²) in [6.45, 7) is 1.28. The molecule has 1 fully saturated rings. The van der Waals surface area contributed by atoms with Gasteiger partial charge in [-0.15, -0.1) is 0 Å². The first kappa shape index (κ1) is 17.5. The Kier molecular flexibility index (Phi) is 5.89. The molecule has 0 unspecified atom stereocenters. The largest absolute Gasteiger partial charge is 0.478 e. The van der Waals surface area contributed by atoms with Gasteiger partial charge in [0.05, 0.1) is 10.8 Å². The molecule has 8 heteroatoms. The Morgan fingerprint density at radius 3 is 2.46 bits per heavy atom. The fourth-order valence-electron chi connectivity index (χ4n) is 2.44. The zero-order chi connectivity index (χ0) is 17.5. The minimum Gasteiger partial charge on any atom is -0.478 e. The Balaban J connectivity index is 1.77. The number of carboxylic acids is 1. The third-order valence-corrected chi connectivity index (χ3v) is 3.82. The van der Waals surface area contributed by atoms with Crippen molar-refractivity contribution in [1.29, 1.82) is 0 Å². The molecule has 0 aromatic heterocycles. The molecule has 0 bridgehead atoms. The minimum absolute atomic E-state index is 0.00753. The number of hydrogen-bond donors (Lipinski definition) is 1. The molecule has 0 radical (unpaired) electrons. The summed E-state index contributed by atoms with van der Waals surface area (Å²) < 4.78 is 5.26. The Morgan fingerprint density at radius 2 is 1.92 bits per heavy atom. The van der Waals surface area contributed by atoms with Gasteiger partial charge in [0, 0.05) is 37.5 Å². The van der Waals surface area contributed by atoms with Crippen molar-refractivity contribution in [3.05, 3.63) is 52.2 Å². The molecule has 0 atom stereocenters. The Hall–Kier alpha value is -2.90. The molecule has 1 heterocycles. The molecular formula is C16H18N2O6. The van der Waals surface area contributed by atoms with E-state index in [4.69, 9.17) is 9.84 Å². The highest BCUT2D eigenvalue weighted by molar-refractivity contribution is 5.79. The Morgan fingerprint density at radius 1 is 1.29 bits per heavy atom. The molecule has 0 amide bonds. The summed E-state index contributed by atoms with van der Waals surface area (Å²) >= 11 is 0. The number of benzene rings is 1. The zero-order valence-corrected chi connectivity index (χ0v) is 13.0. The number of nitrogens with zero attached hydrogens (tertiary/aromatic N) is 2. The molecule has 1 aromatic carbocycles. The Bertz CT molecular complexity index is 632. The molecule has 8 nitrogen and oxygen atoms in total. The van der Waals surface area contributed by atoms with Crippen LogP contribution in [0.4, 0.5) is 5.69 Å². The lowest BCUT2D eigenvalue weighted by Gasteiger charge is -2.29. The van der Waals surface area contributed by atoms with Gasteiger partial charge in [0.2, 0.25) is 0 Å². The highest BCUT2D eigenvalue weighted by Crippen LogP contribution is 2.20. The number of hydrogen-bond acceptors (Lipinski definition) is 6. The number of piperidine rings is 1. The predicted molar refractivity (Wildman–Crippen MR) is 84.0 cm³/mol. The van der Waals surface area contributed by atoms with Crippen molar-refractivity contribution in [3.8, 4) is 0 Å². The number of likely N-dealkylation sites (tertiary alicyclic amines) is 1. The van der Waals surface area contributed by atoms with Gasteiger partial charge in [0.15, 0.2) is 0 Å². The average molecular weight is 334 g/mol. The lowest BCUT2D eigenvalue weighted by Crippen LogP contribution is -2.33. The van der Waals surface area contributed by atoms with Gasteiger partial charge in [-0.25, -0.2) is 4.79 Å². The number of nitro benzene ring substituents is 1. The van der Waals surface area contributed by atoms with Crippen LogP contribution in [-0.4, -0.2) is 40.0 Å². The molecule has 1 aromatic rings. The van der Waals surface area contributed by atoms with Gasteiger partial charge in [-0.1, -0.05) is 0 Å². The van der Waals surface area contributed by atoms with Crippen LogP contribution in [0.15, 0.2) is 36.5 Å². The second-order valence-electron chi connectivity index (χ2n) is 5.50. The lowest BCUT2D eigenvalue weighted by molar-refractivity contribution is -0.384. The number of rotatable bonds is 6. The number of carbonyl (C=O) groups is 2. The van der Waals surface area contributed by atoms with Crippen LogP contribution in [-0.2, 0) is 20.9 Å². The summed E-state index contributed by atoms with van der Waals surface area (Å²) in [7, 11) is 0. The number of esters is 1. The smallest absolute Gasteiger partial charge is 0.329 e. The van der Waals surface area contributed by atoms with Crippen molar-refractivity contribution >= 4 is 17.6 Å². The van der Waals surface area contributed by atoms with Gasteiger partial charge in [-0.3, -0.25) is 14.9 Å². The summed E-state index contributed by atoms with van der Waals surface area (Å²) in [4.78, 5) is 34.5. The number of carbonyl (C=O) groups excluding carboxylic acids is 1. The van der Waals surface area contributed by atoms with E-state index in [2.05, 4.69) is 0 Å². The molecule has 0 spiro atoms. The van der Waals surface area contributed by atoms with E-state index in [0.717, 1.165) is 6.08 Å². The highest BCUT2D eigenvalue weighted by atomic mass is 16.6. The van der Waals surface area contributed by atoms with Crippen LogP contribution in [0.25, 0.3) is 0 Å². The van der Waals surface area contributed by atoms with Crippen molar-refractivity contribution in [3.63, 3.8) is 0 Å². The van der Waals surface area contributed by atoms with Gasteiger partial charge in [-0.05, 0) is 30.5 Å². The minimum atomic E-state index is -1.00. The summed E-state index contributed by atoms with van der Waals surface area (Å²) in [5, 5.41) is 19.2. The van der Waals surface area contributed by atoms with Gasteiger partial charge in [0.1, 0.15) is 6.61 Å². The van der Waals surface area contributed by atoms with Crippen molar-refractivity contribution < 1.29 is 24.4 Å². The molecule has 0 saturated carbocycles. The maximum absolute atomic E-state index is 12.1. The van der Waals surface area contributed by atoms with Crippen LogP contribution in [0.1, 0.15) is 18.4 Å². The number of aliphatic carboxylic acids is 1. The summed E-state index contributed by atoms with van der Waals surface area (Å²) in [6.07, 6.45) is 3.79. The second kappa shape index (κ2) is 8.09. The van der Waals surface area contributed by atoms with E-state index in [0.29, 0.717) is 31.5 Å². The van der Waals surface area contributed by atoms with Gasteiger partial charge < -0.3 is 14.7 Å². The number of non-ortho nitro benzene ring substituents is 1. The average Bonchev–Trinajstić information content (AvgIpc) is 2.58. The maximum Gasteiger partial charge on any atom is 0.329 e. The lowest BCUT2D eigenvalue weighted by atomic mass is 9.97. The van der Waals surface area contributed by atoms with E-state index in [-0.39, 0.29) is 24.2 Å². The zero-order valence-electron chi connectivity index (χ0n) is 13.0. The van der Waals surface area contributed by atoms with E-state index in [9.17, 15) is 19.7 Å². The first-order valence-corrected chi connectivity index (χ1v) is 7.51. The van der Waals surface area contributed by atoms with Crippen LogP contribution in [0.3, 0.4) is 0 Å². The number of carboxylic acid groups (broad SMARTS) is 1. The standard InChI is InChI=1S/C16H18N2O6/c19-15(20)7-10-17-8-5-13(6-9-17)16(21)24-11-12-1-3-14(4-2-12)18(22)23/h1-4,7,10,13H,5-6,8-9,11H2,(H,19,20). The van der Waals surface area contributed by atoms with E-state index in [1.807, 2.05) is 4.90 Å². The molecule has 1 aliphatic rings. The van der Waals surface area contributed by atoms with Crippen molar-refractivity contribution in [2.45, 2.75) is 19.4 Å². The van der Waals surface area contributed by atoms with Crippen LogP contribution in [0.2, 0.25) is 0 Å². The van der Waals surface area contributed by atoms with Crippen molar-refractivity contribution in [1.82, 2.24) is 4.90 Å². The normalized spacial score (nSPS) is 15.4. The molecular weight excluding hydrogens is 316 g/mol. The first-order valence-electron chi connectivity index (χ1n) is 7.51. The van der Waals surface area contributed by atoms with Gasteiger partial charge in [-0.2, -0.15) is 0 Å². The number of nitro groups is 1. The third kappa shape index (κ3) is 5.08. The summed E-state index contributed by atoms with van der Waals surface area (Å²) in [5.74, 6) is -1.51. The van der Waals surface area contributed by atoms with E-state index in [1.54, 1.807) is 12.1 Å². The molecule has 1 saturated heterocycles. The number of ether oxygens (including phenoxy) is 1. The molecule has 1 N–H and O–H groups in total. The monoisotopic (exact) mass is 334 g/mol. The van der Waals surface area contributed by atoms with Crippen molar-refractivity contribution in [2.75, 3.05) is 13.1 Å². The molecule has 24 heavy (non-hydrogen) atoms. The molecule has 128 valence electrons. The molecule has 2 rings (SSSR count). The van der Waals surface area contributed by atoms with E-state index < -0.39 is 10.9 Å². The molecule has 1 aliphatic heterocycles. The maximum atomic E-state index is 12.1. The van der Waals surface area contributed by atoms with Crippen LogP contribution >= 0.6 is 0 Å². The first-order chi connectivity index (χ1) is 11.5. The van der Waals surface area contributed by atoms with Crippen LogP contribution in [0.5, 0.6) is 0 Å². The van der Waals surface area contributed by atoms with Gasteiger partial charge >= 0.3 is 11.9 Å². The third-order valence-electron chi connectivity index (χ3n) is 3.82. The fourth-order valence-corrected chi connectivity index (χ4v) is 2.44. The van der Waals surface area contributed by atoms with Crippen LogP contribution < -0.4 is 0 Å². The van der Waals surface area contributed by atoms with Crippen LogP contribution in [0, 0.1) is 16.0 Å². The SMILES string of the molecule is O=C(O)C=CN1CCC(C(=O)OCc2ccc([N+](=O)[O-])cc2)CC1. The predicted octanol–water partition coefficient (Wildman–Crippen LogP) is 1.95. The fraction of sp³-hybridized carbons (Fsp3) is 0.375. The Labute approximate surface area is 138 Å². The highest BCUT2D eigenvalue weighted by Gasteiger charge is 2.25. The topological polar surface area (TPSA) is 110 Å². The van der Waals surface area contributed by atoms with Crippen molar-refractivity contribution in [2.24, 2.45) is 5.92 Å². The summed E-state index contributed by atoms with van der Waals surface area (Å²) in [6, 6.07) is 5.86.